The number of hydrogen-bond donors (Lipinski definition) is 2. The zero-order valence-corrected chi connectivity index (χ0v) is 13.0. The maximum atomic E-state index is 11.5. The minimum atomic E-state index is 0. The number of nitrogens with one attached hydrogen (secondary N) is 2. The van der Waals surface area contributed by atoms with Crippen molar-refractivity contribution >= 4 is 18.3 Å². The van der Waals surface area contributed by atoms with Crippen LogP contribution in [0.2, 0.25) is 0 Å². The van der Waals surface area contributed by atoms with Crippen LogP contribution in [0.1, 0.15) is 25.8 Å². The molecule has 5 heteroatoms. The monoisotopic (exact) mass is 300 g/mol. The van der Waals surface area contributed by atoms with Crippen molar-refractivity contribution in [2.45, 2.75) is 32.9 Å². The first-order chi connectivity index (χ1) is 9.22. The number of rotatable bonds is 9. The molecule has 0 spiro atoms. The Labute approximate surface area is 127 Å². The first-order valence-electron chi connectivity index (χ1n) is 6.84. The highest BCUT2D eigenvalue weighted by atomic mass is 35.5. The van der Waals surface area contributed by atoms with Gasteiger partial charge in [0.25, 0.3) is 0 Å². The molecule has 114 valence electrons. The number of benzene rings is 1. The molecule has 0 aliphatic carbocycles. The summed E-state index contributed by atoms with van der Waals surface area (Å²) < 4.78 is 5.47. The Hall–Kier alpha value is -1.10. The normalized spacial score (nSPS) is 11.5. The molecule has 0 radical (unpaired) electrons. The highest BCUT2D eigenvalue weighted by Crippen LogP contribution is 2.00. The molecule has 0 heterocycles. The summed E-state index contributed by atoms with van der Waals surface area (Å²) in [6, 6.07) is 10.3. The molecule has 1 atom stereocenters. The van der Waals surface area contributed by atoms with Crippen LogP contribution in [0.25, 0.3) is 0 Å². The minimum absolute atomic E-state index is 0. The van der Waals surface area contributed by atoms with Gasteiger partial charge in [-0.3, -0.25) is 4.79 Å². The molecule has 20 heavy (non-hydrogen) atoms. The third kappa shape index (κ3) is 8.91. The van der Waals surface area contributed by atoms with Gasteiger partial charge in [0.05, 0.1) is 13.2 Å². The van der Waals surface area contributed by atoms with Gasteiger partial charge in [0.2, 0.25) is 5.91 Å². The smallest absolute Gasteiger partial charge is 0.222 e. The number of amides is 1. The Bertz CT molecular complexity index is 360. The third-order valence-electron chi connectivity index (χ3n) is 2.74. The summed E-state index contributed by atoms with van der Waals surface area (Å²) in [4.78, 5) is 11.5. The second kappa shape index (κ2) is 11.7. The molecular formula is C15H25ClN2O2. The van der Waals surface area contributed by atoms with E-state index < -0.39 is 0 Å². The largest absolute Gasteiger partial charge is 0.376 e. The van der Waals surface area contributed by atoms with E-state index in [1.807, 2.05) is 30.3 Å². The zero-order valence-electron chi connectivity index (χ0n) is 12.2. The van der Waals surface area contributed by atoms with Gasteiger partial charge >= 0.3 is 0 Å². The van der Waals surface area contributed by atoms with E-state index in [0.717, 1.165) is 12.1 Å². The molecule has 2 N–H and O–H groups in total. The van der Waals surface area contributed by atoms with Gasteiger partial charge in [0, 0.05) is 19.0 Å². The molecule has 1 rings (SSSR count). The van der Waals surface area contributed by atoms with E-state index in [1.54, 1.807) is 0 Å². The van der Waals surface area contributed by atoms with Gasteiger partial charge in [-0.2, -0.15) is 0 Å². The Balaban J connectivity index is 0.00000361. The summed E-state index contributed by atoms with van der Waals surface area (Å²) in [5, 5.41) is 6.13. The predicted octanol–water partition coefficient (Wildman–Crippen LogP) is 2.13. The Kier molecular flexibility index (Phi) is 11.1. The molecule has 0 fully saturated rings. The van der Waals surface area contributed by atoms with Crippen LogP contribution in [-0.4, -0.2) is 31.6 Å². The Morgan fingerprint density at radius 2 is 2.00 bits per heavy atom. The van der Waals surface area contributed by atoms with E-state index in [0.29, 0.717) is 32.2 Å². The number of carbonyl (C=O) groups is 1. The lowest BCUT2D eigenvalue weighted by atomic mass is 10.2. The van der Waals surface area contributed by atoms with Crippen LogP contribution in [0.5, 0.6) is 0 Å². The van der Waals surface area contributed by atoms with Crippen molar-refractivity contribution in [3.63, 3.8) is 0 Å². The molecule has 0 aliphatic rings. The lowest BCUT2D eigenvalue weighted by Crippen LogP contribution is -2.39. The van der Waals surface area contributed by atoms with Crippen LogP contribution >= 0.6 is 12.4 Å². The lowest BCUT2D eigenvalue weighted by Gasteiger charge is -2.13. The van der Waals surface area contributed by atoms with Gasteiger partial charge < -0.3 is 15.4 Å². The van der Waals surface area contributed by atoms with Crippen molar-refractivity contribution < 1.29 is 9.53 Å². The average molecular weight is 301 g/mol. The molecule has 0 saturated carbocycles. The molecule has 1 amide bonds. The molecule has 0 aliphatic heterocycles. The first-order valence-corrected chi connectivity index (χ1v) is 6.84. The quantitative estimate of drug-likeness (QED) is 0.687. The third-order valence-corrected chi connectivity index (χ3v) is 2.74. The summed E-state index contributed by atoms with van der Waals surface area (Å²) in [5.41, 5.74) is 1.13. The van der Waals surface area contributed by atoms with Crippen LogP contribution in [0.3, 0.4) is 0 Å². The first kappa shape index (κ1) is 18.9. The SMILES string of the molecule is CCN[C@H](C)CNC(=O)CCOCc1ccccc1.Cl. The number of likely N-dealkylation sites (N-methyl/N-ethyl adjacent to an activating group) is 1. The highest BCUT2D eigenvalue weighted by Gasteiger charge is 2.04. The lowest BCUT2D eigenvalue weighted by molar-refractivity contribution is -0.122. The van der Waals surface area contributed by atoms with Crippen molar-refractivity contribution in [3.05, 3.63) is 35.9 Å². The van der Waals surface area contributed by atoms with Crippen molar-refractivity contribution in [3.8, 4) is 0 Å². The van der Waals surface area contributed by atoms with E-state index in [2.05, 4.69) is 24.5 Å². The molecule has 0 unspecified atom stereocenters. The van der Waals surface area contributed by atoms with Gasteiger partial charge in [-0.15, -0.1) is 12.4 Å². The van der Waals surface area contributed by atoms with Crippen LogP contribution in [0.15, 0.2) is 30.3 Å². The summed E-state index contributed by atoms with van der Waals surface area (Å²) >= 11 is 0. The molecule has 1 aromatic rings. The van der Waals surface area contributed by atoms with Crippen molar-refractivity contribution in [1.29, 1.82) is 0 Å². The molecule has 0 saturated heterocycles. The van der Waals surface area contributed by atoms with Gasteiger partial charge in [-0.1, -0.05) is 37.3 Å². The van der Waals surface area contributed by atoms with Crippen molar-refractivity contribution in [1.82, 2.24) is 10.6 Å². The molecule has 0 bridgehead atoms. The van der Waals surface area contributed by atoms with E-state index in [4.69, 9.17) is 4.74 Å². The maximum Gasteiger partial charge on any atom is 0.222 e. The Morgan fingerprint density at radius 1 is 1.30 bits per heavy atom. The number of halogens is 1. The molecule has 0 aromatic heterocycles. The fourth-order valence-corrected chi connectivity index (χ4v) is 1.71. The average Bonchev–Trinajstić information content (AvgIpc) is 2.43. The summed E-state index contributed by atoms with van der Waals surface area (Å²) in [7, 11) is 0. The van der Waals surface area contributed by atoms with E-state index in [9.17, 15) is 4.79 Å². The van der Waals surface area contributed by atoms with E-state index >= 15 is 0 Å². The topological polar surface area (TPSA) is 50.4 Å². The minimum Gasteiger partial charge on any atom is -0.376 e. The van der Waals surface area contributed by atoms with E-state index in [1.165, 1.54) is 0 Å². The number of hydrogen-bond acceptors (Lipinski definition) is 3. The van der Waals surface area contributed by atoms with Crippen molar-refractivity contribution in [2.24, 2.45) is 0 Å². The summed E-state index contributed by atoms with van der Waals surface area (Å²) in [6.45, 7) is 6.69. The van der Waals surface area contributed by atoms with Crippen LogP contribution < -0.4 is 10.6 Å². The van der Waals surface area contributed by atoms with Crippen molar-refractivity contribution in [2.75, 3.05) is 19.7 Å². The zero-order chi connectivity index (χ0) is 13.9. The fourth-order valence-electron chi connectivity index (χ4n) is 1.71. The maximum absolute atomic E-state index is 11.5. The standard InChI is InChI=1S/C15H24N2O2.ClH/c1-3-16-13(2)11-17-15(18)9-10-19-12-14-7-5-4-6-8-14;/h4-8,13,16H,3,9-12H2,1-2H3,(H,17,18);1H/t13-;/m1./s1. The van der Waals surface area contributed by atoms with Gasteiger partial charge in [0.15, 0.2) is 0 Å². The number of ether oxygens (including phenoxy) is 1. The highest BCUT2D eigenvalue weighted by molar-refractivity contribution is 5.85. The predicted molar refractivity (Wildman–Crippen MR) is 84.1 cm³/mol. The summed E-state index contributed by atoms with van der Waals surface area (Å²) in [5.74, 6) is 0.0396. The number of carbonyl (C=O) groups excluding carboxylic acids is 1. The van der Waals surface area contributed by atoms with Gasteiger partial charge in [-0.05, 0) is 19.0 Å². The Morgan fingerprint density at radius 3 is 2.65 bits per heavy atom. The van der Waals surface area contributed by atoms with Gasteiger partial charge in [-0.25, -0.2) is 0 Å². The fraction of sp³-hybridized carbons (Fsp3) is 0.533. The second-order valence-electron chi connectivity index (χ2n) is 4.55. The van der Waals surface area contributed by atoms with Crippen LogP contribution in [-0.2, 0) is 16.1 Å². The van der Waals surface area contributed by atoms with E-state index in [-0.39, 0.29) is 18.3 Å². The second-order valence-corrected chi connectivity index (χ2v) is 4.55. The summed E-state index contributed by atoms with van der Waals surface area (Å²) in [6.07, 6.45) is 0.408. The molecule has 4 nitrogen and oxygen atoms in total. The van der Waals surface area contributed by atoms with Crippen LogP contribution in [0, 0.1) is 0 Å². The molecular weight excluding hydrogens is 276 g/mol. The molecule has 1 aromatic carbocycles. The van der Waals surface area contributed by atoms with Gasteiger partial charge in [0.1, 0.15) is 0 Å². The van der Waals surface area contributed by atoms with Crippen LogP contribution in [0.4, 0.5) is 0 Å².